The number of aromatic amines is 2. The molecule has 3 aromatic heterocycles. The van der Waals surface area contributed by atoms with E-state index in [1.54, 1.807) is 12.4 Å². The van der Waals surface area contributed by atoms with Crippen LogP contribution in [0, 0.1) is 0 Å². The minimum absolute atomic E-state index is 0.0700. The molecule has 0 bridgehead atoms. The molecule has 1 aliphatic rings. The molecule has 0 radical (unpaired) electrons. The highest BCUT2D eigenvalue weighted by atomic mass is 16.1. The quantitative estimate of drug-likeness (QED) is 0.521. The molecule has 24 heavy (non-hydrogen) atoms. The molecule has 0 spiro atoms. The molecule has 2 N–H and O–H groups in total. The van der Waals surface area contributed by atoms with Crippen molar-refractivity contribution in [2.24, 2.45) is 0 Å². The number of hydrogen-bond donors (Lipinski definition) is 2. The summed E-state index contributed by atoms with van der Waals surface area (Å²) in [5.74, 6) is 1.55. The molecular weight excluding hydrogens is 300 g/mol. The Kier molecular flexibility index (Phi) is 2.95. The third-order valence-corrected chi connectivity index (χ3v) is 5.29. The summed E-state index contributed by atoms with van der Waals surface area (Å²) < 4.78 is 0. The van der Waals surface area contributed by atoms with Gasteiger partial charge in [-0.05, 0) is 25.0 Å². The Labute approximate surface area is 138 Å². The summed E-state index contributed by atoms with van der Waals surface area (Å²) in [5, 5.41) is 3.49. The molecule has 0 atom stereocenters. The molecule has 0 saturated heterocycles. The molecular formula is C19H18N4O. The van der Waals surface area contributed by atoms with Crippen molar-refractivity contribution < 1.29 is 0 Å². The van der Waals surface area contributed by atoms with E-state index in [0.29, 0.717) is 11.3 Å². The number of imidazole rings is 1. The zero-order valence-electron chi connectivity index (χ0n) is 13.3. The molecule has 1 aromatic carbocycles. The second-order valence-corrected chi connectivity index (χ2v) is 6.70. The van der Waals surface area contributed by atoms with E-state index in [1.807, 2.05) is 18.3 Å². The van der Waals surface area contributed by atoms with Crippen LogP contribution in [0.1, 0.15) is 43.8 Å². The van der Waals surface area contributed by atoms with Crippen LogP contribution in [0.2, 0.25) is 0 Å². The minimum Gasteiger partial charge on any atom is -0.341 e. The van der Waals surface area contributed by atoms with Gasteiger partial charge in [-0.1, -0.05) is 19.3 Å². The van der Waals surface area contributed by atoms with Crippen molar-refractivity contribution in [1.29, 1.82) is 0 Å². The van der Waals surface area contributed by atoms with Gasteiger partial charge in [-0.15, -0.1) is 0 Å². The van der Waals surface area contributed by atoms with E-state index in [9.17, 15) is 4.79 Å². The first-order valence-electron chi connectivity index (χ1n) is 8.59. The lowest BCUT2D eigenvalue weighted by Gasteiger charge is -2.19. The van der Waals surface area contributed by atoms with Gasteiger partial charge in [0.25, 0.3) is 5.56 Å². The molecule has 4 aromatic rings. The van der Waals surface area contributed by atoms with Gasteiger partial charge in [0.15, 0.2) is 0 Å². The van der Waals surface area contributed by atoms with Crippen LogP contribution in [0.4, 0.5) is 0 Å². The summed E-state index contributed by atoms with van der Waals surface area (Å²) in [6.07, 6.45) is 11.5. The first-order valence-corrected chi connectivity index (χ1v) is 8.59. The van der Waals surface area contributed by atoms with Crippen LogP contribution < -0.4 is 5.56 Å². The summed E-state index contributed by atoms with van der Waals surface area (Å²) in [5.41, 5.74) is 1.81. The molecule has 5 rings (SSSR count). The molecule has 120 valence electrons. The molecule has 1 saturated carbocycles. The smallest absolute Gasteiger partial charge is 0.256 e. The van der Waals surface area contributed by atoms with E-state index in [2.05, 4.69) is 15.0 Å². The fourth-order valence-corrected chi connectivity index (χ4v) is 4.11. The van der Waals surface area contributed by atoms with Gasteiger partial charge in [-0.25, -0.2) is 4.98 Å². The Morgan fingerprint density at radius 3 is 2.79 bits per heavy atom. The molecule has 1 aliphatic carbocycles. The SMILES string of the molecule is O=c1[nH]ccc2c3[nH]c(C4CCCCC4)nc3c3cnccc3c12. The monoisotopic (exact) mass is 318 g/mol. The average molecular weight is 318 g/mol. The van der Waals surface area contributed by atoms with E-state index in [4.69, 9.17) is 4.98 Å². The van der Waals surface area contributed by atoms with Gasteiger partial charge in [0.2, 0.25) is 0 Å². The largest absolute Gasteiger partial charge is 0.341 e. The standard InChI is InChI=1S/C19H18N4O/c24-19-15-12-6-8-20-10-14(12)17-16(13(15)7-9-21-19)22-18(23-17)11-4-2-1-3-5-11/h6-11H,1-5H2,(H,21,24)(H,22,23). The second-order valence-electron chi connectivity index (χ2n) is 6.70. The van der Waals surface area contributed by atoms with Gasteiger partial charge in [0, 0.05) is 40.7 Å². The predicted molar refractivity (Wildman–Crippen MR) is 95.3 cm³/mol. The number of pyridine rings is 2. The molecule has 0 unspecified atom stereocenters. The Hall–Kier alpha value is -2.69. The van der Waals surface area contributed by atoms with Gasteiger partial charge < -0.3 is 9.97 Å². The van der Waals surface area contributed by atoms with E-state index in [-0.39, 0.29) is 5.56 Å². The van der Waals surface area contributed by atoms with Crippen LogP contribution >= 0.6 is 0 Å². The summed E-state index contributed by atoms with van der Waals surface area (Å²) in [6.45, 7) is 0. The van der Waals surface area contributed by atoms with Crippen molar-refractivity contribution in [3.05, 3.63) is 46.9 Å². The lowest BCUT2D eigenvalue weighted by Crippen LogP contribution is -2.06. The maximum atomic E-state index is 12.4. The van der Waals surface area contributed by atoms with Crippen molar-refractivity contribution in [1.82, 2.24) is 19.9 Å². The first-order chi connectivity index (χ1) is 11.8. The molecule has 0 aliphatic heterocycles. The number of fused-ring (bicyclic) bond motifs is 6. The van der Waals surface area contributed by atoms with Crippen LogP contribution in [-0.4, -0.2) is 19.9 Å². The van der Waals surface area contributed by atoms with Gasteiger partial charge in [0.05, 0.1) is 16.4 Å². The van der Waals surface area contributed by atoms with Gasteiger partial charge >= 0.3 is 0 Å². The van der Waals surface area contributed by atoms with E-state index in [0.717, 1.165) is 33.0 Å². The Bertz CT molecular complexity index is 1120. The Balaban J connectivity index is 1.91. The highest BCUT2D eigenvalue weighted by Gasteiger charge is 2.21. The number of aromatic nitrogens is 4. The van der Waals surface area contributed by atoms with Crippen molar-refractivity contribution in [2.45, 2.75) is 38.0 Å². The van der Waals surface area contributed by atoms with Crippen LogP contribution in [0.25, 0.3) is 32.6 Å². The molecule has 5 nitrogen and oxygen atoms in total. The summed E-state index contributed by atoms with van der Waals surface area (Å²) in [7, 11) is 0. The van der Waals surface area contributed by atoms with Crippen molar-refractivity contribution in [3.8, 4) is 0 Å². The third-order valence-electron chi connectivity index (χ3n) is 5.29. The zero-order chi connectivity index (χ0) is 16.1. The minimum atomic E-state index is -0.0700. The molecule has 3 heterocycles. The van der Waals surface area contributed by atoms with E-state index >= 15 is 0 Å². The number of benzene rings is 1. The second kappa shape index (κ2) is 5.16. The fraction of sp³-hybridized carbons (Fsp3) is 0.316. The fourth-order valence-electron chi connectivity index (χ4n) is 4.11. The molecule has 1 fully saturated rings. The summed E-state index contributed by atoms with van der Waals surface area (Å²) >= 11 is 0. The van der Waals surface area contributed by atoms with Gasteiger partial charge in [-0.2, -0.15) is 0 Å². The average Bonchev–Trinajstić information content (AvgIpc) is 3.08. The number of H-pyrrole nitrogens is 2. The molecule has 0 amide bonds. The number of nitrogens with zero attached hydrogens (tertiary/aromatic N) is 2. The van der Waals surface area contributed by atoms with Crippen LogP contribution in [0.3, 0.4) is 0 Å². The Morgan fingerprint density at radius 1 is 1.04 bits per heavy atom. The zero-order valence-corrected chi connectivity index (χ0v) is 13.3. The maximum absolute atomic E-state index is 12.4. The normalized spacial score (nSPS) is 16.3. The first kappa shape index (κ1) is 13.7. The number of hydrogen-bond acceptors (Lipinski definition) is 3. The lowest BCUT2D eigenvalue weighted by molar-refractivity contribution is 0.431. The van der Waals surface area contributed by atoms with Crippen LogP contribution in [0.15, 0.2) is 35.5 Å². The number of nitrogens with one attached hydrogen (secondary N) is 2. The third kappa shape index (κ3) is 1.90. The topological polar surface area (TPSA) is 74.4 Å². The molecule has 5 heteroatoms. The van der Waals surface area contributed by atoms with Gasteiger partial charge in [-0.3, -0.25) is 9.78 Å². The predicted octanol–water partition coefficient (Wildman–Crippen LogP) is 4.00. The number of rotatable bonds is 1. The summed E-state index contributed by atoms with van der Waals surface area (Å²) in [6, 6.07) is 3.86. The van der Waals surface area contributed by atoms with Crippen LogP contribution in [0.5, 0.6) is 0 Å². The highest BCUT2D eigenvalue weighted by molar-refractivity contribution is 6.22. The lowest BCUT2D eigenvalue weighted by atomic mass is 9.89. The van der Waals surface area contributed by atoms with E-state index < -0.39 is 0 Å². The van der Waals surface area contributed by atoms with Crippen molar-refractivity contribution >= 4 is 32.6 Å². The highest BCUT2D eigenvalue weighted by Crippen LogP contribution is 2.36. The van der Waals surface area contributed by atoms with E-state index in [1.165, 1.54) is 32.1 Å². The van der Waals surface area contributed by atoms with Crippen molar-refractivity contribution in [3.63, 3.8) is 0 Å². The summed E-state index contributed by atoms with van der Waals surface area (Å²) in [4.78, 5) is 28.0. The maximum Gasteiger partial charge on any atom is 0.256 e. The Morgan fingerprint density at radius 2 is 1.92 bits per heavy atom. The van der Waals surface area contributed by atoms with Crippen molar-refractivity contribution in [2.75, 3.05) is 0 Å². The van der Waals surface area contributed by atoms with Crippen LogP contribution in [-0.2, 0) is 0 Å². The van der Waals surface area contributed by atoms with Gasteiger partial charge in [0.1, 0.15) is 5.82 Å².